The van der Waals surface area contributed by atoms with Crippen LogP contribution in [0.5, 0.6) is 5.75 Å². The number of nitrogens with one attached hydrogen (secondary N) is 1. The fourth-order valence-corrected chi connectivity index (χ4v) is 4.29. The number of methoxy groups -OCH3 is 1. The summed E-state index contributed by atoms with van der Waals surface area (Å²) < 4.78 is 31.0. The van der Waals surface area contributed by atoms with Crippen molar-refractivity contribution in [3.05, 3.63) is 58.6 Å². The molecule has 1 N–H and O–H groups in total. The number of aryl methyl sites for hydroxylation is 1. The maximum absolute atomic E-state index is 12.8. The third-order valence-corrected chi connectivity index (χ3v) is 5.95. The molecular formula is C20H25ClN2O4S. The van der Waals surface area contributed by atoms with Crippen molar-refractivity contribution in [2.45, 2.75) is 32.9 Å². The summed E-state index contributed by atoms with van der Waals surface area (Å²) in [6.45, 7) is 5.37. The lowest BCUT2D eigenvalue weighted by molar-refractivity contribution is -0.122. The van der Waals surface area contributed by atoms with E-state index in [1.165, 1.54) is 20.1 Å². The monoisotopic (exact) mass is 424 g/mol. The van der Waals surface area contributed by atoms with Gasteiger partial charge in [-0.15, -0.1) is 0 Å². The summed E-state index contributed by atoms with van der Waals surface area (Å²) in [5.41, 5.74) is 2.35. The largest absolute Gasteiger partial charge is 0.495 e. The van der Waals surface area contributed by atoms with Crippen molar-refractivity contribution in [1.82, 2.24) is 5.32 Å². The van der Waals surface area contributed by atoms with Crippen molar-refractivity contribution in [3.63, 3.8) is 0 Å². The van der Waals surface area contributed by atoms with Gasteiger partial charge in [0, 0.05) is 0 Å². The van der Waals surface area contributed by atoms with E-state index < -0.39 is 22.0 Å². The Kier molecular flexibility index (Phi) is 6.96. The first-order chi connectivity index (χ1) is 13.0. The van der Waals surface area contributed by atoms with Crippen molar-refractivity contribution < 1.29 is 17.9 Å². The van der Waals surface area contributed by atoms with Crippen LogP contribution in [0.1, 0.15) is 31.0 Å². The minimum atomic E-state index is -3.73. The fourth-order valence-electron chi connectivity index (χ4n) is 2.87. The molecule has 2 aromatic rings. The van der Waals surface area contributed by atoms with Gasteiger partial charge in [0.1, 0.15) is 11.8 Å². The number of sulfonamides is 1. The zero-order valence-electron chi connectivity index (χ0n) is 16.6. The molecular weight excluding hydrogens is 400 g/mol. The molecule has 0 aliphatic carbocycles. The molecule has 0 bridgehead atoms. The van der Waals surface area contributed by atoms with Crippen molar-refractivity contribution in [2.75, 3.05) is 17.7 Å². The Morgan fingerprint density at radius 2 is 1.75 bits per heavy atom. The van der Waals surface area contributed by atoms with Gasteiger partial charge < -0.3 is 10.1 Å². The first-order valence-electron chi connectivity index (χ1n) is 8.74. The fraction of sp³-hybridized carbons (Fsp3) is 0.350. The molecule has 0 aliphatic heterocycles. The number of halogens is 1. The highest BCUT2D eigenvalue weighted by Gasteiger charge is 2.30. The minimum Gasteiger partial charge on any atom is -0.495 e. The summed E-state index contributed by atoms with van der Waals surface area (Å²) in [4.78, 5) is 12.8. The summed E-state index contributed by atoms with van der Waals surface area (Å²) in [6, 6.07) is 11.1. The predicted octanol–water partition coefficient (Wildman–Crippen LogP) is 3.69. The van der Waals surface area contributed by atoms with Crippen LogP contribution in [-0.2, 0) is 14.8 Å². The van der Waals surface area contributed by atoms with Crippen molar-refractivity contribution in [2.24, 2.45) is 0 Å². The molecule has 2 aromatic carbocycles. The Morgan fingerprint density at radius 1 is 1.14 bits per heavy atom. The van der Waals surface area contributed by atoms with Gasteiger partial charge in [0.25, 0.3) is 0 Å². The molecule has 2 rings (SSSR count). The number of hydrogen-bond acceptors (Lipinski definition) is 4. The second kappa shape index (κ2) is 8.84. The number of anilines is 1. The molecule has 6 nitrogen and oxygen atoms in total. The quantitative estimate of drug-likeness (QED) is 0.735. The van der Waals surface area contributed by atoms with Crippen LogP contribution in [-0.4, -0.2) is 33.7 Å². The van der Waals surface area contributed by atoms with E-state index in [9.17, 15) is 13.2 Å². The topological polar surface area (TPSA) is 75.7 Å². The zero-order valence-corrected chi connectivity index (χ0v) is 18.1. The van der Waals surface area contributed by atoms with Crippen LogP contribution in [0.15, 0.2) is 42.5 Å². The van der Waals surface area contributed by atoms with Crippen molar-refractivity contribution in [1.29, 1.82) is 0 Å². The number of benzene rings is 2. The molecule has 0 saturated carbocycles. The molecule has 8 heteroatoms. The highest BCUT2D eigenvalue weighted by Crippen LogP contribution is 2.31. The molecule has 28 heavy (non-hydrogen) atoms. The van der Waals surface area contributed by atoms with E-state index in [0.717, 1.165) is 21.7 Å². The van der Waals surface area contributed by atoms with E-state index in [0.29, 0.717) is 11.4 Å². The van der Waals surface area contributed by atoms with E-state index in [1.807, 2.05) is 38.1 Å². The Bertz CT molecular complexity index is 945. The number of amides is 1. The van der Waals surface area contributed by atoms with Gasteiger partial charge in [-0.25, -0.2) is 8.42 Å². The Balaban J connectivity index is 2.27. The number of rotatable bonds is 7. The molecule has 0 unspecified atom stereocenters. The number of carbonyl (C=O) groups is 1. The molecule has 2 atom stereocenters. The SMILES string of the molecule is COc1ccc(N([C@@H](C)C(=O)N[C@H](C)c2ccc(C)cc2)S(C)(=O)=O)cc1Cl. The standard InChI is InChI=1S/C20H25ClN2O4S/c1-13-6-8-16(9-7-13)14(2)22-20(24)15(3)23(28(5,25)26)17-10-11-19(27-4)18(21)12-17/h6-12,14-15H,1-5H3,(H,22,24)/t14-,15+/m1/s1. The van der Waals surface area contributed by atoms with Crippen LogP contribution >= 0.6 is 11.6 Å². The van der Waals surface area contributed by atoms with Crippen LogP contribution < -0.4 is 14.4 Å². The molecule has 0 fully saturated rings. The maximum Gasteiger partial charge on any atom is 0.244 e. The van der Waals surface area contributed by atoms with Gasteiger partial charge in [-0.3, -0.25) is 9.10 Å². The summed E-state index contributed by atoms with van der Waals surface area (Å²) in [6.07, 6.45) is 1.05. The van der Waals surface area contributed by atoms with Gasteiger partial charge in [-0.1, -0.05) is 41.4 Å². The summed E-state index contributed by atoms with van der Waals surface area (Å²) in [7, 11) is -2.26. The zero-order chi connectivity index (χ0) is 21.1. The van der Waals surface area contributed by atoms with E-state index in [-0.39, 0.29) is 11.1 Å². The second-order valence-corrected chi connectivity index (χ2v) is 8.96. The highest BCUT2D eigenvalue weighted by molar-refractivity contribution is 7.92. The lowest BCUT2D eigenvalue weighted by atomic mass is 10.1. The van der Waals surface area contributed by atoms with E-state index >= 15 is 0 Å². The van der Waals surface area contributed by atoms with Gasteiger partial charge in [0.2, 0.25) is 15.9 Å². The lowest BCUT2D eigenvalue weighted by Gasteiger charge is -2.29. The number of hydrogen-bond donors (Lipinski definition) is 1. The Labute approximate surface area is 171 Å². The highest BCUT2D eigenvalue weighted by atomic mass is 35.5. The maximum atomic E-state index is 12.8. The van der Waals surface area contributed by atoms with Crippen LogP contribution in [0.4, 0.5) is 5.69 Å². The third kappa shape index (κ3) is 5.17. The first-order valence-corrected chi connectivity index (χ1v) is 11.0. The van der Waals surface area contributed by atoms with E-state index in [4.69, 9.17) is 16.3 Å². The van der Waals surface area contributed by atoms with Crippen molar-refractivity contribution >= 4 is 33.2 Å². The second-order valence-electron chi connectivity index (χ2n) is 6.69. The molecule has 0 spiro atoms. The molecule has 0 aliphatic rings. The molecule has 0 aromatic heterocycles. The minimum absolute atomic E-state index is 0.259. The Hall–Kier alpha value is -2.25. The number of carbonyl (C=O) groups excluding carboxylic acids is 1. The van der Waals surface area contributed by atoms with Crippen LogP contribution in [0.2, 0.25) is 5.02 Å². The van der Waals surface area contributed by atoms with Gasteiger partial charge in [-0.2, -0.15) is 0 Å². The van der Waals surface area contributed by atoms with Crippen LogP contribution in [0.3, 0.4) is 0 Å². The molecule has 0 saturated heterocycles. The van der Waals surface area contributed by atoms with E-state index in [2.05, 4.69) is 5.32 Å². The molecule has 0 radical (unpaired) electrons. The van der Waals surface area contributed by atoms with E-state index in [1.54, 1.807) is 12.1 Å². The lowest BCUT2D eigenvalue weighted by Crippen LogP contribution is -2.48. The van der Waals surface area contributed by atoms with Crippen LogP contribution in [0.25, 0.3) is 0 Å². The average Bonchev–Trinajstić information content (AvgIpc) is 2.61. The smallest absolute Gasteiger partial charge is 0.244 e. The first kappa shape index (κ1) is 22.0. The van der Waals surface area contributed by atoms with Crippen LogP contribution in [0, 0.1) is 6.92 Å². The van der Waals surface area contributed by atoms with Crippen molar-refractivity contribution in [3.8, 4) is 5.75 Å². The predicted molar refractivity (Wildman–Crippen MR) is 113 cm³/mol. The average molecular weight is 425 g/mol. The summed E-state index contributed by atoms with van der Waals surface area (Å²) in [5, 5.41) is 3.13. The molecule has 0 heterocycles. The third-order valence-electron chi connectivity index (χ3n) is 4.41. The molecule has 1 amide bonds. The normalized spacial score (nSPS) is 13.5. The van der Waals surface area contributed by atoms with Gasteiger partial charge >= 0.3 is 0 Å². The number of ether oxygens (including phenoxy) is 1. The summed E-state index contributed by atoms with van der Waals surface area (Å²) >= 11 is 6.14. The summed E-state index contributed by atoms with van der Waals surface area (Å²) in [5.74, 6) is 0.00871. The molecule has 152 valence electrons. The van der Waals surface area contributed by atoms with Gasteiger partial charge in [-0.05, 0) is 44.5 Å². The van der Waals surface area contributed by atoms with Gasteiger partial charge in [0.05, 0.1) is 30.1 Å². The van der Waals surface area contributed by atoms with Gasteiger partial charge in [0.15, 0.2) is 0 Å². The number of nitrogens with zero attached hydrogens (tertiary/aromatic N) is 1. The Morgan fingerprint density at radius 3 is 2.25 bits per heavy atom.